The second-order valence-corrected chi connectivity index (χ2v) is 3.96. The minimum absolute atomic E-state index is 0.186. The van der Waals surface area contributed by atoms with Gasteiger partial charge in [0.2, 0.25) is 0 Å². The molecule has 2 heterocycles. The molecule has 2 saturated heterocycles. The lowest BCUT2D eigenvalue weighted by Gasteiger charge is -2.18. The van der Waals surface area contributed by atoms with E-state index in [2.05, 4.69) is 15.5 Å². The molecule has 0 aliphatic carbocycles. The Bertz CT molecular complexity index is 267. The van der Waals surface area contributed by atoms with Crippen molar-refractivity contribution in [3.8, 4) is 0 Å². The van der Waals surface area contributed by atoms with Crippen molar-refractivity contribution in [2.45, 2.75) is 24.9 Å². The third-order valence-electron chi connectivity index (χ3n) is 2.93. The van der Waals surface area contributed by atoms with Gasteiger partial charge in [-0.25, -0.2) is 4.79 Å². The Hall–Kier alpha value is -1.10. The van der Waals surface area contributed by atoms with Gasteiger partial charge >= 0.3 is 6.03 Å². The third kappa shape index (κ3) is 1.11. The molecule has 2 rings (SSSR count). The molecule has 72 valence electrons. The number of urea groups is 1. The molecule has 2 fully saturated rings. The first kappa shape index (κ1) is 8.50. The highest BCUT2D eigenvalue weighted by atomic mass is 16.2. The first-order valence-corrected chi connectivity index (χ1v) is 4.37. The minimum atomic E-state index is -0.661. The number of hydrogen-bond acceptors (Lipinski definition) is 3. The summed E-state index contributed by atoms with van der Waals surface area (Å²) in [6, 6.07) is -0.0309. The van der Waals surface area contributed by atoms with Crippen molar-refractivity contribution < 1.29 is 9.59 Å². The maximum Gasteiger partial charge on any atom is 0.322 e. The van der Waals surface area contributed by atoms with Gasteiger partial charge in [0, 0.05) is 12.6 Å². The first-order valence-electron chi connectivity index (χ1n) is 4.37. The van der Waals surface area contributed by atoms with Gasteiger partial charge in [-0.3, -0.25) is 10.1 Å². The Kier molecular flexibility index (Phi) is 1.60. The molecule has 0 radical (unpaired) electrons. The Morgan fingerprint density at radius 1 is 1.54 bits per heavy atom. The molecular formula is C8H13N3O2. The Morgan fingerprint density at radius 3 is 2.62 bits per heavy atom. The second kappa shape index (κ2) is 2.45. The predicted octanol–water partition coefficient (Wildman–Crippen LogP) is -0.711. The Balaban J connectivity index is 2.23. The van der Waals surface area contributed by atoms with Crippen molar-refractivity contribution in [3.05, 3.63) is 0 Å². The summed E-state index contributed by atoms with van der Waals surface area (Å²) in [4.78, 5) is 24.5. The number of nitrogens with one attached hydrogen (secondary N) is 2. The van der Waals surface area contributed by atoms with Crippen LogP contribution in [0, 0.1) is 0 Å². The zero-order chi connectivity index (χ0) is 9.64. The maximum absolute atomic E-state index is 11.5. The number of imide groups is 1. The molecule has 3 amide bonds. The Labute approximate surface area is 76.5 Å². The smallest absolute Gasteiger partial charge is 0.322 e. The summed E-state index contributed by atoms with van der Waals surface area (Å²) in [6.07, 6.45) is 0.696. The van der Waals surface area contributed by atoms with E-state index in [0.29, 0.717) is 19.0 Å². The van der Waals surface area contributed by atoms with E-state index in [1.807, 2.05) is 14.0 Å². The van der Waals surface area contributed by atoms with Crippen molar-refractivity contribution in [1.82, 2.24) is 15.5 Å². The van der Waals surface area contributed by atoms with Gasteiger partial charge in [-0.15, -0.1) is 0 Å². The van der Waals surface area contributed by atoms with Gasteiger partial charge in [0.15, 0.2) is 0 Å². The summed E-state index contributed by atoms with van der Waals surface area (Å²) in [5, 5.41) is 4.97. The summed E-state index contributed by atoms with van der Waals surface area (Å²) in [5.74, 6) is -0.186. The van der Waals surface area contributed by atoms with Gasteiger partial charge in [0.1, 0.15) is 5.54 Å². The van der Waals surface area contributed by atoms with Gasteiger partial charge in [-0.2, -0.15) is 0 Å². The lowest BCUT2D eigenvalue weighted by molar-refractivity contribution is -0.123. The van der Waals surface area contributed by atoms with Crippen molar-refractivity contribution in [2.75, 3.05) is 13.6 Å². The van der Waals surface area contributed by atoms with E-state index in [-0.39, 0.29) is 11.9 Å². The van der Waals surface area contributed by atoms with Crippen LogP contribution in [0.2, 0.25) is 0 Å². The van der Waals surface area contributed by atoms with Gasteiger partial charge < -0.3 is 10.2 Å². The first-order chi connectivity index (χ1) is 6.03. The molecule has 2 unspecified atom stereocenters. The van der Waals surface area contributed by atoms with E-state index in [0.717, 1.165) is 0 Å². The quantitative estimate of drug-likeness (QED) is 0.488. The molecule has 2 atom stereocenters. The van der Waals surface area contributed by atoms with Crippen LogP contribution in [-0.4, -0.2) is 42.0 Å². The molecule has 0 aromatic heterocycles. The van der Waals surface area contributed by atoms with Crippen molar-refractivity contribution >= 4 is 11.9 Å². The lowest BCUT2D eigenvalue weighted by Crippen LogP contribution is -2.48. The van der Waals surface area contributed by atoms with Gasteiger partial charge in [-0.1, -0.05) is 0 Å². The van der Waals surface area contributed by atoms with Crippen molar-refractivity contribution in [2.24, 2.45) is 0 Å². The molecule has 5 nitrogen and oxygen atoms in total. The zero-order valence-electron chi connectivity index (χ0n) is 7.76. The fourth-order valence-electron chi connectivity index (χ4n) is 2.09. The summed E-state index contributed by atoms with van der Waals surface area (Å²) in [5.41, 5.74) is -0.661. The van der Waals surface area contributed by atoms with Gasteiger partial charge in [-0.05, 0) is 20.4 Å². The normalized spacial score (nSPS) is 39.7. The molecule has 2 aliphatic heterocycles. The van der Waals surface area contributed by atoms with E-state index in [1.165, 1.54) is 0 Å². The lowest BCUT2D eigenvalue weighted by atomic mass is 9.97. The summed E-state index contributed by atoms with van der Waals surface area (Å²) >= 11 is 0. The van der Waals surface area contributed by atoms with Crippen molar-refractivity contribution in [3.63, 3.8) is 0 Å². The van der Waals surface area contributed by atoms with Crippen LogP contribution in [0.3, 0.4) is 0 Å². The number of hydrogen-bond donors (Lipinski definition) is 2. The van der Waals surface area contributed by atoms with E-state index in [9.17, 15) is 9.59 Å². The van der Waals surface area contributed by atoms with Crippen molar-refractivity contribution in [1.29, 1.82) is 0 Å². The average molecular weight is 183 g/mol. The van der Waals surface area contributed by atoms with Crippen LogP contribution in [0.25, 0.3) is 0 Å². The molecule has 13 heavy (non-hydrogen) atoms. The summed E-state index contributed by atoms with van der Waals surface area (Å²) in [6.45, 7) is 2.65. The van der Waals surface area contributed by atoms with Crippen LogP contribution in [0.1, 0.15) is 13.3 Å². The number of nitrogens with zero attached hydrogens (tertiary/aromatic N) is 1. The topological polar surface area (TPSA) is 61.4 Å². The summed E-state index contributed by atoms with van der Waals surface area (Å²) < 4.78 is 0. The zero-order valence-corrected chi connectivity index (χ0v) is 7.76. The Morgan fingerprint density at radius 2 is 2.23 bits per heavy atom. The van der Waals surface area contributed by atoms with Crippen LogP contribution in [0.15, 0.2) is 0 Å². The van der Waals surface area contributed by atoms with Crippen LogP contribution in [-0.2, 0) is 4.79 Å². The van der Waals surface area contributed by atoms with Gasteiger partial charge in [0.05, 0.1) is 0 Å². The second-order valence-electron chi connectivity index (χ2n) is 3.96. The fourth-order valence-corrected chi connectivity index (χ4v) is 2.09. The molecule has 5 heteroatoms. The molecule has 0 aromatic rings. The van der Waals surface area contributed by atoms with E-state index in [4.69, 9.17) is 0 Å². The van der Waals surface area contributed by atoms with Crippen LogP contribution < -0.4 is 10.6 Å². The highest BCUT2D eigenvalue weighted by molar-refractivity contribution is 6.07. The van der Waals surface area contributed by atoms with E-state index in [1.54, 1.807) is 0 Å². The molecular weight excluding hydrogens is 170 g/mol. The van der Waals surface area contributed by atoms with Crippen LogP contribution in [0.5, 0.6) is 0 Å². The van der Waals surface area contributed by atoms with E-state index < -0.39 is 5.54 Å². The maximum atomic E-state index is 11.5. The van der Waals surface area contributed by atoms with Crippen LogP contribution in [0.4, 0.5) is 4.79 Å². The summed E-state index contributed by atoms with van der Waals surface area (Å²) in [7, 11) is 1.96. The SMILES string of the molecule is CC1CC2(CN1C)NC(=O)NC2=O. The fraction of sp³-hybridized carbons (Fsp3) is 0.750. The minimum Gasteiger partial charge on any atom is -0.322 e. The highest BCUT2D eigenvalue weighted by Crippen LogP contribution is 2.27. The number of amides is 3. The van der Waals surface area contributed by atoms with E-state index >= 15 is 0 Å². The number of rotatable bonds is 0. The predicted molar refractivity (Wildman–Crippen MR) is 46.1 cm³/mol. The monoisotopic (exact) mass is 183 g/mol. The van der Waals surface area contributed by atoms with Crippen LogP contribution >= 0.6 is 0 Å². The van der Waals surface area contributed by atoms with Gasteiger partial charge in [0.25, 0.3) is 5.91 Å². The molecule has 0 saturated carbocycles. The average Bonchev–Trinajstić information content (AvgIpc) is 2.40. The molecule has 2 N–H and O–H groups in total. The number of likely N-dealkylation sites (tertiary alicyclic amines) is 1. The largest absolute Gasteiger partial charge is 0.322 e. The third-order valence-corrected chi connectivity index (χ3v) is 2.93. The number of carbonyl (C=O) groups excluding carboxylic acids is 2. The number of carbonyl (C=O) groups is 2. The number of likely N-dealkylation sites (N-methyl/N-ethyl adjacent to an activating group) is 1. The molecule has 0 aromatic carbocycles. The molecule has 2 aliphatic rings. The molecule has 1 spiro atoms. The highest BCUT2D eigenvalue weighted by Gasteiger charge is 2.52. The molecule has 0 bridgehead atoms. The standard InChI is InChI=1S/C8H13N3O2/c1-5-3-8(4-11(5)2)6(12)9-7(13)10-8/h5H,3-4H2,1-2H3,(H2,9,10,12,13).